The van der Waals surface area contributed by atoms with Gasteiger partial charge in [0.05, 0.1) is 17.4 Å². The summed E-state index contributed by atoms with van der Waals surface area (Å²) in [6.07, 6.45) is 1.51. The Labute approximate surface area is 124 Å². The number of hydrogen-bond donors (Lipinski definition) is 1. The van der Waals surface area contributed by atoms with E-state index < -0.39 is 5.56 Å². The third kappa shape index (κ3) is 1.76. The molecule has 2 heterocycles. The molecule has 1 N–H and O–H groups in total. The molecule has 0 fully saturated rings. The van der Waals surface area contributed by atoms with Gasteiger partial charge in [-0.2, -0.15) is 9.78 Å². The molecule has 0 bridgehead atoms. The van der Waals surface area contributed by atoms with Gasteiger partial charge in [0, 0.05) is 10.9 Å². The highest BCUT2D eigenvalue weighted by Gasteiger charge is 2.12. The van der Waals surface area contributed by atoms with Gasteiger partial charge >= 0.3 is 0 Å². The highest BCUT2D eigenvalue weighted by molar-refractivity contribution is 5.91. The van der Waals surface area contributed by atoms with E-state index >= 15 is 0 Å². The number of nitrogens with one attached hydrogen (secondary N) is 1. The lowest BCUT2D eigenvalue weighted by Crippen LogP contribution is -2.26. The van der Waals surface area contributed by atoms with Crippen LogP contribution in [0.3, 0.4) is 0 Å². The third-order valence-electron chi connectivity index (χ3n) is 3.65. The van der Waals surface area contributed by atoms with Crippen molar-refractivity contribution < 1.29 is 0 Å². The highest BCUT2D eigenvalue weighted by Crippen LogP contribution is 2.12. The summed E-state index contributed by atoms with van der Waals surface area (Å²) in [5.74, 6) is 0. The Morgan fingerprint density at radius 1 is 0.864 bits per heavy atom. The normalized spacial score (nSPS) is 11.1. The fourth-order valence-corrected chi connectivity index (χ4v) is 2.59. The smallest absolute Gasteiger partial charge is 0.284 e. The van der Waals surface area contributed by atoms with Crippen molar-refractivity contribution >= 4 is 21.8 Å². The van der Waals surface area contributed by atoms with Crippen molar-refractivity contribution in [2.24, 2.45) is 0 Å². The Hall–Kier alpha value is -3.21. The van der Waals surface area contributed by atoms with Crippen molar-refractivity contribution in [1.82, 2.24) is 14.8 Å². The van der Waals surface area contributed by atoms with Gasteiger partial charge in [-0.15, -0.1) is 0 Å². The molecule has 0 aliphatic carbocycles. The second-order valence-corrected chi connectivity index (χ2v) is 4.99. The van der Waals surface area contributed by atoms with Crippen LogP contribution >= 0.6 is 0 Å². The van der Waals surface area contributed by atoms with Crippen LogP contribution in [0, 0.1) is 0 Å². The molecule has 4 aromatic rings. The molecule has 0 spiro atoms. The van der Waals surface area contributed by atoms with Gasteiger partial charge < -0.3 is 4.98 Å². The number of benzene rings is 2. The summed E-state index contributed by atoms with van der Waals surface area (Å²) >= 11 is 0. The Bertz CT molecular complexity index is 1110. The zero-order valence-corrected chi connectivity index (χ0v) is 11.5. The van der Waals surface area contributed by atoms with Gasteiger partial charge in [-0.1, -0.05) is 30.3 Å². The Balaban J connectivity index is 2.16. The van der Waals surface area contributed by atoms with Crippen LogP contribution < -0.4 is 11.0 Å². The summed E-state index contributed by atoms with van der Waals surface area (Å²) in [5, 5.41) is 4.78. The largest absolute Gasteiger partial charge is 0.353 e. The van der Waals surface area contributed by atoms with Crippen LogP contribution in [0.4, 0.5) is 0 Å². The molecule has 106 valence electrons. The molecule has 5 nitrogen and oxygen atoms in total. The van der Waals surface area contributed by atoms with Gasteiger partial charge in [-0.3, -0.25) is 9.59 Å². The second kappa shape index (κ2) is 4.66. The van der Waals surface area contributed by atoms with Gasteiger partial charge in [-0.05, 0) is 24.3 Å². The number of fused-ring (bicyclic) bond motifs is 2. The molecule has 4 rings (SSSR count). The number of nitrogens with zero attached hydrogens (tertiary/aromatic N) is 2. The quantitative estimate of drug-likeness (QED) is 0.546. The minimum Gasteiger partial charge on any atom is -0.353 e. The number of rotatable bonds is 1. The SMILES string of the molecule is O=c1c2ccccc2[nH]c2cnn(-c3ccccc3)c(=O)c12. The molecule has 5 heteroatoms. The highest BCUT2D eigenvalue weighted by atomic mass is 16.1. The lowest BCUT2D eigenvalue weighted by molar-refractivity contribution is 0.819. The molecule has 0 saturated carbocycles. The third-order valence-corrected chi connectivity index (χ3v) is 3.65. The number of pyridine rings is 1. The average Bonchev–Trinajstić information content (AvgIpc) is 2.56. The lowest BCUT2D eigenvalue weighted by atomic mass is 10.1. The first-order valence-electron chi connectivity index (χ1n) is 6.84. The van der Waals surface area contributed by atoms with E-state index in [-0.39, 0.29) is 10.8 Å². The van der Waals surface area contributed by atoms with Gasteiger partial charge in [0.1, 0.15) is 5.39 Å². The molecule has 0 saturated heterocycles. The van der Waals surface area contributed by atoms with Gasteiger partial charge in [0.15, 0.2) is 0 Å². The Morgan fingerprint density at radius 3 is 2.41 bits per heavy atom. The number of aromatic nitrogens is 3. The number of para-hydroxylation sites is 2. The van der Waals surface area contributed by atoms with Crippen LogP contribution in [0.2, 0.25) is 0 Å². The van der Waals surface area contributed by atoms with Gasteiger partial charge in [0.25, 0.3) is 5.56 Å². The van der Waals surface area contributed by atoms with Crippen LogP contribution in [0.25, 0.3) is 27.5 Å². The first-order chi connectivity index (χ1) is 10.8. The Kier molecular flexibility index (Phi) is 2.66. The maximum atomic E-state index is 12.7. The fourth-order valence-electron chi connectivity index (χ4n) is 2.59. The lowest BCUT2D eigenvalue weighted by Gasteiger charge is -2.06. The van der Waals surface area contributed by atoms with E-state index in [0.717, 1.165) is 0 Å². The summed E-state index contributed by atoms with van der Waals surface area (Å²) in [6.45, 7) is 0. The molecular weight excluding hydrogens is 278 g/mol. The van der Waals surface area contributed by atoms with Crippen molar-refractivity contribution in [1.29, 1.82) is 0 Å². The first kappa shape index (κ1) is 12.5. The maximum absolute atomic E-state index is 12.7. The van der Waals surface area contributed by atoms with Crippen LogP contribution in [0.5, 0.6) is 0 Å². The van der Waals surface area contributed by atoms with Crippen molar-refractivity contribution in [2.45, 2.75) is 0 Å². The van der Waals surface area contributed by atoms with E-state index in [1.165, 1.54) is 10.9 Å². The maximum Gasteiger partial charge on any atom is 0.284 e. The average molecular weight is 289 g/mol. The zero-order valence-electron chi connectivity index (χ0n) is 11.5. The molecular formula is C17H11N3O2. The fraction of sp³-hybridized carbons (Fsp3) is 0. The number of hydrogen-bond acceptors (Lipinski definition) is 3. The number of aromatic amines is 1. The molecule has 0 radical (unpaired) electrons. The predicted molar refractivity (Wildman–Crippen MR) is 85.5 cm³/mol. The standard InChI is InChI=1S/C17H11N3O2/c21-16-12-8-4-5-9-13(12)19-14-10-18-20(17(22)15(14)16)11-6-2-1-3-7-11/h1-10H,(H,19,21). The molecule has 0 atom stereocenters. The molecule has 0 aliphatic heterocycles. The van der Waals surface area contributed by atoms with Gasteiger partial charge in [-0.25, -0.2) is 0 Å². The van der Waals surface area contributed by atoms with E-state index in [0.29, 0.717) is 22.1 Å². The van der Waals surface area contributed by atoms with Crippen LogP contribution in [-0.4, -0.2) is 14.8 Å². The molecule has 0 unspecified atom stereocenters. The van der Waals surface area contributed by atoms with Gasteiger partial charge in [0.2, 0.25) is 5.43 Å². The minimum atomic E-state index is -0.421. The minimum absolute atomic E-state index is 0.123. The molecule has 22 heavy (non-hydrogen) atoms. The summed E-state index contributed by atoms with van der Waals surface area (Å²) in [5.41, 5.74) is 1.07. The second-order valence-electron chi connectivity index (χ2n) is 4.99. The molecule has 2 aromatic carbocycles. The zero-order chi connectivity index (χ0) is 15.1. The van der Waals surface area contributed by atoms with E-state index in [1.807, 2.05) is 24.3 Å². The summed E-state index contributed by atoms with van der Waals surface area (Å²) in [4.78, 5) is 28.4. The first-order valence-corrected chi connectivity index (χ1v) is 6.84. The topological polar surface area (TPSA) is 67.8 Å². The van der Waals surface area contributed by atoms with E-state index in [2.05, 4.69) is 10.1 Å². The van der Waals surface area contributed by atoms with Crippen molar-refractivity contribution in [3.63, 3.8) is 0 Å². The van der Waals surface area contributed by atoms with E-state index in [9.17, 15) is 9.59 Å². The van der Waals surface area contributed by atoms with E-state index in [1.54, 1.807) is 30.3 Å². The van der Waals surface area contributed by atoms with Crippen molar-refractivity contribution in [3.8, 4) is 5.69 Å². The Morgan fingerprint density at radius 2 is 1.59 bits per heavy atom. The summed E-state index contributed by atoms with van der Waals surface area (Å²) in [7, 11) is 0. The van der Waals surface area contributed by atoms with Crippen molar-refractivity contribution in [2.75, 3.05) is 0 Å². The number of H-pyrrole nitrogens is 1. The van der Waals surface area contributed by atoms with Crippen molar-refractivity contribution in [3.05, 3.63) is 81.4 Å². The van der Waals surface area contributed by atoms with Crippen LogP contribution in [0.15, 0.2) is 70.4 Å². The predicted octanol–water partition coefficient (Wildman–Crippen LogP) is 2.23. The monoisotopic (exact) mass is 289 g/mol. The molecule has 0 amide bonds. The van der Waals surface area contributed by atoms with Crippen LogP contribution in [0.1, 0.15) is 0 Å². The molecule has 2 aromatic heterocycles. The molecule has 0 aliphatic rings. The summed E-state index contributed by atoms with van der Waals surface area (Å²) in [6, 6.07) is 16.2. The summed E-state index contributed by atoms with van der Waals surface area (Å²) < 4.78 is 1.24. The van der Waals surface area contributed by atoms with E-state index in [4.69, 9.17) is 0 Å². The van der Waals surface area contributed by atoms with Crippen LogP contribution in [-0.2, 0) is 0 Å².